The summed E-state index contributed by atoms with van der Waals surface area (Å²) in [5, 5.41) is 10.5. The van der Waals surface area contributed by atoms with Gasteiger partial charge in [-0.05, 0) is 0 Å². The molecular formula is C2H7N2OP. The van der Waals surface area contributed by atoms with E-state index in [-0.39, 0.29) is 5.84 Å². The third-order valence-electron chi connectivity index (χ3n) is 0.338. The number of hydrogen-bond acceptors (Lipinski definition) is 2. The number of oxime groups is 1. The summed E-state index contributed by atoms with van der Waals surface area (Å²) in [4.78, 5) is 0. The van der Waals surface area contributed by atoms with E-state index in [0.717, 1.165) is 0 Å². The Labute approximate surface area is 38.4 Å². The van der Waals surface area contributed by atoms with Crippen LogP contribution >= 0.6 is 9.24 Å². The molecule has 0 heterocycles. The van der Waals surface area contributed by atoms with Crippen molar-refractivity contribution in [3.63, 3.8) is 0 Å². The molecule has 0 spiro atoms. The number of amidine groups is 1. The maximum Gasteiger partial charge on any atom is 0.142 e. The minimum absolute atomic E-state index is 0.236. The molecule has 1 unspecified atom stereocenters. The smallest absolute Gasteiger partial charge is 0.142 e. The zero-order valence-corrected chi connectivity index (χ0v) is 4.41. The molecule has 3 N–H and O–H groups in total. The Hall–Kier alpha value is -0.300. The lowest BCUT2D eigenvalue weighted by atomic mass is 10.7. The summed E-state index contributed by atoms with van der Waals surface area (Å²) in [6, 6.07) is 0. The molecule has 3 nitrogen and oxygen atoms in total. The van der Waals surface area contributed by atoms with Gasteiger partial charge in [-0.25, -0.2) is 0 Å². The molecule has 0 fully saturated rings. The minimum atomic E-state index is 0.236. The molecule has 0 radical (unpaired) electrons. The van der Waals surface area contributed by atoms with Crippen molar-refractivity contribution in [1.29, 1.82) is 0 Å². The second kappa shape index (κ2) is 2.91. The zero-order valence-electron chi connectivity index (χ0n) is 3.26. The second-order valence-corrected chi connectivity index (χ2v) is 1.20. The van der Waals surface area contributed by atoms with Gasteiger partial charge in [-0.15, -0.1) is 9.24 Å². The summed E-state index contributed by atoms with van der Waals surface area (Å²) in [5.41, 5.74) is 4.95. The standard InChI is InChI=1S/C2H7N2OP/c3-2(1-6)4-5/h5H,1,6H2,(H2,3,4). The Morgan fingerprint density at radius 3 is 2.50 bits per heavy atom. The van der Waals surface area contributed by atoms with E-state index in [1.807, 2.05) is 0 Å². The molecular weight excluding hydrogens is 99.0 g/mol. The molecule has 0 aliphatic rings. The van der Waals surface area contributed by atoms with Gasteiger partial charge in [-0.2, -0.15) is 0 Å². The van der Waals surface area contributed by atoms with Gasteiger partial charge >= 0.3 is 0 Å². The van der Waals surface area contributed by atoms with Crippen LogP contribution in [0.15, 0.2) is 5.16 Å². The molecule has 6 heavy (non-hydrogen) atoms. The summed E-state index contributed by atoms with van der Waals surface area (Å²) >= 11 is 0. The second-order valence-electron chi connectivity index (χ2n) is 0.795. The average Bonchev–Trinajstić information content (AvgIpc) is 1.65. The SMILES string of the molecule is NC(CP)=NO. The Kier molecular flexibility index (Phi) is 2.77. The van der Waals surface area contributed by atoms with E-state index < -0.39 is 0 Å². The van der Waals surface area contributed by atoms with Crippen LogP contribution in [0.25, 0.3) is 0 Å². The zero-order chi connectivity index (χ0) is 4.99. The van der Waals surface area contributed by atoms with Gasteiger partial charge in [-0.1, -0.05) is 5.16 Å². The van der Waals surface area contributed by atoms with E-state index in [0.29, 0.717) is 6.16 Å². The van der Waals surface area contributed by atoms with E-state index in [1.165, 1.54) is 0 Å². The van der Waals surface area contributed by atoms with Crippen molar-refractivity contribution >= 4 is 15.1 Å². The fraction of sp³-hybridized carbons (Fsp3) is 0.500. The van der Waals surface area contributed by atoms with Crippen LogP contribution in [-0.2, 0) is 0 Å². The van der Waals surface area contributed by atoms with Gasteiger partial charge in [0, 0.05) is 6.16 Å². The summed E-state index contributed by atoms with van der Waals surface area (Å²) in [7, 11) is 2.32. The first kappa shape index (κ1) is 5.70. The third kappa shape index (κ3) is 1.97. The molecule has 0 aliphatic carbocycles. The van der Waals surface area contributed by atoms with Crippen LogP contribution in [0.3, 0.4) is 0 Å². The molecule has 0 aromatic carbocycles. The van der Waals surface area contributed by atoms with Crippen LogP contribution in [0.2, 0.25) is 0 Å². The summed E-state index contributed by atoms with van der Waals surface area (Å²) in [5.74, 6) is 0.236. The van der Waals surface area contributed by atoms with Crippen molar-refractivity contribution in [2.24, 2.45) is 10.9 Å². The molecule has 0 saturated carbocycles. The number of rotatable bonds is 1. The number of nitrogens with two attached hydrogens (primary N) is 1. The Morgan fingerprint density at radius 1 is 2.00 bits per heavy atom. The lowest BCUT2D eigenvalue weighted by molar-refractivity contribution is 0.318. The average molecular weight is 106 g/mol. The Bertz CT molecular complexity index is 62.6. The molecule has 0 aliphatic heterocycles. The van der Waals surface area contributed by atoms with Crippen LogP contribution in [-0.4, -0.2) is 17.2 Å². The monoisotopic (exact) mass is 106 g/mol. The van der Waals surface area contributed by atoms with Crippen molar-refractivity contribution in [3.8, 4) is 0 Å². The molecule has 36 valence electrons. The molecule has 0 rings (SSSR count). The summed E-state index contributed by atoms with van der Waals surface area (Å²) in [6.07, 6.45) is 0.524. The molecule has 0 saturated heterocycles. The van der Waals surface area contributed by atoms with E-state index >= 15 is 0 Å². The van der Waals surface area contributed by atoms with Gasteiger partial charge in [0.1, 0.15) is 5.84 Å². The maximum atomic E-state index is 7.78. The Morgan fingerprint density at radius 2 is 2.50 bits per heavy atom. The van der Waals surface area contributed by atoms with E-state index in [9.17, 15) is 0 Å². The largest absolute Gasteiger partial charge is 0.409 e. The predicted molar refractivity (Wildman–Crippen MR) is 28.0 cm³/mol. The van der Waals surface area contributed by atoms with Gasteiger partial charge in [0.25, 0.3) is 0 Å². The molecule has 0 aromatic heterocycles. The highest BCUT2D eigenvalue weighted by molar-refractivity contribution is 7.18. The third-order valence-corrected chi connectivity index (χ3v) is 0.756. The molecule has 0 aromatic rings. The van der Waals surface area contributed by atoms with Crippen molar-refractivity contribution < 1.29 is 5.21 Å². The van der Waals surface area contributed by atoms with Crippen LogP contribution < -0.4 is 5.73 Å². The van der Waals surface area contributed by atoms with Crippen LogP contribution in [0.4, 0.5) is 0 Å². The van der Waals surface area contributed by atoms with Gasteiger partial charge in [0.2, 0.25) is 0 Å². The fourth-order valence-electron chi connectivity index (χ4n) is 0.0408. The van der Waals surface area contributed by atoms with Gasteiger partial charge in [0.15, 0.2) is 0 Å². The highest BCUT2D eigenvalue weighted by atomic mass is 31.0. The molecule has 0 bridgehead atoms. The fourth-order valence-corrected chi connectivity index (χ4v) is 0.122. The molecule has 4 heteroatoms. The van der Waals surface area contributed by atoms with Crippen molar-refractivity contribution in [2.75, 3.05) is 6.16 Å². The van der Waals surface area contributed by atoms with Crippen molar-refractivity contribution in [1.82, 2.24) is 0 Å². The summed E-state index contributed by atoms with van der Waals surface area (Å²) in [6.45, 7) is 0. The minimum Gasteiger partial charge on any atom is -0.409 e. The highest BCUT2D eigenvalue weighted by Crippen LogP contribution is 1.75. The van der Waals surface area contributed by atoms with E-state index in [1.54, 1.807) is 0 Å². The van der Waals surface area contributed by atoms with Crippen molar-refractivity contribution in [2.45, 2.75) is 0 Å². The maximum absolute atomic E-state index is 7.78. The van der Waals surface area contributed by atoms with E-state index in [4.69, 9.17) is 10.9 Å². The number of hydrogen-bond donors (Lipinski definition) is 2. The quantitative estimate of drug-likeness (QED) is 0.157. The lowest BCUT2D eigenvalue weighted by Gasteiger charge is -1.82. The highest BCUT2D eigenvalue weighted by Gasteiger charge is 1.78. The number of nitrogens with zero attached hydrogens (tertiary/aromatic N) is 1. The van der Waals surface area contributed by atoms with Crippen LogP contribution in [0.5, 0.6) is 0 Å². The van der Waals surface area contributed by atoms with E-state index in [2.05, 4.69) is 14.4 Å². The lowest BCUT2D eigenvalue weighted by Crippen LogP contribution is -2.11. The van der Waals surface area contributed by atoms with Gasteiger partial charge in [0.05, 0.1) is 0 Å². The molecule has 1 atom stereocenters. The molecule has 0 amide bonds. The first-order chi connectivity index (χ1) is 2.81. The van der Waals surface area contributed by atoms with Crippen LogP contribution in [0.1, 0.15) is 0 Å². The van der Waals surface area contributed by atoms with Gasteiger partial charge in [-0.3, -0.25) is 0 Å². The Balaban J connectivity index is 3.22. The summed E-state index contributed by atoms with van der Waals surface area (Å²) < 4.78 is 0. The predicted octanol–water partition coefficient (Wildman–Crippen LogP) is -0.392. The first-order valence-electron chi connectivity index (χ1n) is 1.47. The normalized spacial score (nSPS) is 11.8. The first-order valence-corrected chi connectivity index (χ1v) is 2.29. The topological polar surface area (TPSA) is 58.6 Å². The van der Waals surface area contributed by atoms with Gasteiger partial charge < -0.3 is 10.9 Å². The van der Waals surface area contributed by atoms with Crippen LogP contribution in [0, 0.1) is 0 Å². The van der Waals surface area contributed by atoms with Crippen molar-refractivity contribution in [3.05, 3.63) is 0 Å².